The van der Waals surface area contributed by atoms with Crippen LogP contribution in [0.25, 0.3) is 0 Å². The van der Waals surface area contributed by atoms with E-state index in [9.17, 15) is 14.4 Å². The van der Waals surface area contributed by atoms with Crippen LogP contribution in [0.5, 0.6) is 0 Å². The Hall–Kier alpha value is -0.990. The molecule has 0 aromatic heterocycles. The highest BCUT2D eigenvalue weighted by atomic mass is 16.1. The third kappa shape index (κ3) is 3.21. The van der Waals surface area contributed by atoms with Crippen LogP contribution >= 0.6 is 0 Å². The van der Waals surface area contributed by atoms with Crippen molar-refractivity contribution in [3.05, 3.63) is 0 Å². The third-order valence-electron chi connectivity index (χ3n) is 0.539. The minimum Gasteiger partial charge on any atom is -0.299 e. The summed E-state index contributed by atoms with van der Waals surface area (Å²) in [6, 6.07) is 0. The Morgan fingerprint density at radius 3 is 1.75 bits per heavy atom. The second-order valence-corrected chi connectivity index (χ2v) is 1.18. The molecule has 3 heteroatoms. The van der Waals surface area contributed by atoms with Crippen molar-refractivity contribution in [2.45, 2.75) is 12.8 Å². The molecule has 0 unspecified atom stereocenters. The second kappa shape index (κ2) is 4.18. The fourth-order valence-electron chi connectivity index (χ4n) is 0.223. The third-order valence-corrected chi connectivity index (χ3v) is 0.539. The van der Waals surface area contributed by atoms with E-state index in [0.29, 0.717) is 0 Å². The van der Waals surface area contributed by atoms with Crippen molar-refractivity contribution in [1.82, 2.24) is 0 Å². The quantitative estimate of drug-likeness (QED) is 0.463. The summed E-state index contributed by atoms with van der Waals surface area (Å²) >= 11 is 0. The van der Waals surface area contributed by atoms with Gasteiger partial charge in [-0.1, -0.05) is 0 Å². The fraction of sp³-hybridized carbons (Fsp3) is 0.400. The summed E-state index contributed by atoms with van der Waals surface area (Å²) in [5.41, 5.74) is 0. The molecule has 0 aromatic rings. The lowest BCUT2D eigenvalue weighted by atomic mass is 10.2. The van der Waals surface area contributed by atoms with Crippen molar-refractivity contribution < 1.29 is 14.4 Å². The summed E-state index contributed by atoms with van der Waals surface area (Å²) in [7, 11) is 0. The number of hydrogen-bond acceptors (Lipinski definition) is 3. The minimum atomic E-state index is -0.435. The molecular weight excluding hydrogens is 108 g/mol. The van der Waals surface area contributed by atoms with E-state index in [1.54, 1.807) is 0 Å². The molecule has 0 heterocycles. The molecule has 8 heavy (non-hydrogen) atoms. The maximum atomic E-state index is 10.1. The molecule has 2 radical (unpaired) electrons. The van der Waals surface area contributed by atoms with E-state index >= 15 is 0 Å². The predicted molar refractivity (Wildman–Crippen MR) is 25.6 cm³/mol. The zero-order chi connectivity index (χ0) is 6.41. The Morgan fingerprint density at radius 1 is 1.12 bits per heavy atom. The molecule has 0 bridgehead atoms. The van der Waals surface area contributed by atoms with E-state index in [1.165, 1.54) is 12.6 Å². The number of ketones is 1. The first-order chi connectivity index (χ1) is 3.81. The van der Waals surface area contributed by atoms with Crippen molar-refractivity contribution >= 4 is 18.4 Å². The van der Waals surface area contributed by atoms with Gasteiger partial charge in [0.25, 0.3) is 0 Å². The molecule has 0 aliphatic carbocycles. The number of Topliss-reactive ketones (excluding diaryl/α,β-unsaturated/α-hetero) is 1. The van der Waals surface area contributed by atoms with Crippen LogP contribution in [0.1, 0.15) is 12.8 Å². The van der Waals surface area contributed by atoms with Gasteiger partial charge in [0, 0.05) is 0 Å². The molecule has 0 amide bonds. The molecule has 3 nitrogen and oxygen atoms in total. The normalized spacial score (nSPS) is 8.00. The van der Waals surface area contributed by atoms with Gasteiger partial charge in [-0.05, 0) is 0 Å². The van der Waals surface area contributed by atoms with Gasteiger partial charge in [0.2, 0.25) is 12.6 Å². The average molecular weight is 112 g/mol. The zero-order valence-corrected chi connectivity index (χ0v) is 4.14. The first kappa shape index (κ1) is 7.01. The Morgan fingerprint density at radius 2 is 1.50 bits per heavy atom. The Kier molecular flexibility index (Phi) is 3.66. The summed E-state index contributed by atoms with van der Waals surface area (Å²) in [4.78, 5) is 28.9. The zero-order valence-electron chi connectivity index (χ0n) is 4.14. The van der Waals surface area contributed by atoms with E-state index in [2.05, 4.69) is 0 Å². The van der Waals surface area contributed by atoms with Gasteiger partial charge in [-0.2, -0.15) is 0 Å². The summed E-state index contributed by atoms with van der Waals surface area (Å²) in [5, 5.41) is 0. The maximum Gasteiger partial charge on any atom is 0.206 e. The fourth-order valence-corrected chi connectivity index (χ4v) is 0.223. The minimum absolute atomic E-state index is 0.296. The van der Waals surface area contributed by atoms with Gasteiger partial charge in [0.1, 0.15) is 5.78 Å². The van der Waals surface area contributed by atoms with Gasteiger partial charge < -0.3 is 0 Å². The van der Waals surface area contributed by atoms with Crippen LogP contribution in [0.3, 0.4) is 0 Å². The molecule has 0 rings (SSSR count). The highest BCUT2D eigenvalue weighted by molar-refractivity contribution is 5.96. The van der Waals surface area contributed by atoms with Crippen LogP contribution in [0.15, 0.2) is 0 Å². The Bertz CT molecular complexity index is 94.2. The summed E-state index contributed by atoms with van der Waals surface area (Å²) in [5.74, 6) is -0.435. The van der Waals surface area contributed by atoms with E-state index in [-0.39, 0.29) is 12.8 Å². The van der Waals surface area contributed by atoms with Gasteiger partial charge in [0.05, 0.1) is 12.8 Å². The van der Waals surface area contributed by atoms with Crippen molar-refractivity contribution in [3.8, 4) is 0 Å². The van der Waals surface area contributed by atoms with Gasteiger partial charge in [-0.25, -0.2) is 0 Å². The second-order valence-electron chi connectivity index (χ2n) is 1.18. The van der Waals surface area contributed by atoms with Crippen LogP contribution in [-0.2, 0) is 14.4 Å². The predicted octanol–water partition coefficient (Wildman–Crippen LogP) is -0.445. The lowest BCUT2D eigenvalue weighted by Gasteiger charge is -1.78. The molecule has 0 aliphatic rings. The van der Waals surface area contributed by atoms with Gasteiger partial charge in [0.15, 0.2) is 0 Å². The highest BCUT2D eigenvalue weighted by Gasteiger charge is 1.97. The SMILES string of the molecule is O=[C]CC(=O)C[C]=O. The largest absolute Gasteiger partial charge is 0.299 e. The summed E-state index contributed by atoms with van der Waals surface area (Å²) in [6.45, 7) is 0. The molecule has 0 aromatic carbocycles. The lowest BCUT2D eigenvalue weighted by molar-refractivity contribution is -0.116. The molecule has 42 valence electrons. The van der Waals surface area contributed by atoms with Crippen LogP contribution in [0.4, 0.5) is 0 Å². The van der Waals surface area contributed by atoms with E-state index in [4.69, 9.17) is 0 Å². The van der Waals surface area contributed by atoms with Crippen molar-refractivity contribution in [3.63, 3.8) is 0 Å². The summed E-state index contributed by atoms with van der Waals surface area (Å²) in [6.07, 6.45) is 2.15. The molecule has 0 N–H and O–H groups in total. The van der Waals surface area contributed by atoms with Crippen LogP contribution < -0.4 is 0 Å². The first-order valence-electron chi connectivity index (χ1n) is 2.03. The number of hydrogen-bond donors (Lipinski definition) is 0. The van der Waals surface area contributed by atoms with Crippen LogP contribution in [-0.4, -0.2) is 18.4 Å². The van der Waals surface area contributed by atoms with Gasteiger partial charge >= 0.3 is 0 Å². The number of carbonyl (C=O) groups excluding carboxylic acids is 3. The lowest BCUT2D eigenvalue weighted by Crippen LogP contribution is -1.97. The monoisotopic (exact) mass is 112 g/mol. The van der Waals surface area contributed by atoms with Crippen molar-refractivity contribution in [2.24, 2.45) is 0 Å². The summed E-state index contributed by atoms with van der Waals surface area (Å²) < 4.78 is 0. The maximum absolute atomic E-state index is 10.1. The number of carbonyl (C=O) groups is 1. The smallest absolute Gasteiger partial charge is 0.206 e. The van der Waals surface area contributed by atoms with Crippen molar-refractivity contribution in [2.75, 3.05) is 0 Å². The molecule has 0 saturated carbocycles. The molecule has 0 spiro atoms. The van der Waals surface area contributed by atoms with Gasteiger partial charge in [-0.15, -0.1) is 0 Å². The molecule has 0 atom stereocenters. The van der Waals surface area contributed by atoms with Crippen molar-refractivity contribution in [1.29, 1.82) is 0 Å². The van der Waals surface area contributed by atoms with Crippen LogP contribution in [0.2, 0.25) is 0 Å². The Balaban J connectivity index is 3.32. The van der Waals surface area contributed by atoms with E-state index in [0.717, 1.165) is 0 Å². The van der Waals surface area contributed by atoms with Gasteiger partial charge in [-0.3, -0.25) is 14.4 Å². The average Bonchev–Trinajstić information content (AvgIpc) is 1.68. The van der Waals surface area contributed by atoms with Crippen LogP contribution in [0, 0.1) is 0 Å². The molecule has 0 saturated heterocycles. The Labute approximate surface area is 46.7 Å². The molecule has 0 fully saturated rings. The van der Waals surface area contributed by atoms with E-state index < -0.39 is 5.78 Å². The number of rotatable bonds is 4. The highest BCUT2D eigenvalue weighted by Crippen LogP contribution is 1.80. The molecule has 0 aliphatic heterocycles. The standard InChI is InChI=1S/C5H4O3/c6-3-1-5(8)2-4-7/h1-2H2. The first-order valence-corrected chi connectivity index (χ1v) is 2.03. The van der Waals surface area contributed by atoms with E-state index in [1.807, 2.05) is 0 Å². The molecular formula is C5H4O3. The topological polar surface area (TPSA) is 51.2 Å².